The summed E-state index contributed by atoms with van der Waals surface area (Å²) >= 11 is 5.18. The molecule has 8 heteroatoms. The molecule has 0 spiro atoms. The van der Waals surface area contributed by atoms with Crippen LogP contribution in [0.25, 0.3) is 20.2 Å². The van der Waals surface area contributed by atoms with Gasteiger partial charge in [-0.05, 0) is 239 Å². The number of nitrogens with zero attached hydrogens (tertiary/aromatic N) is 3. The fourth-order valence-corrected chi connectivity index (χ4v) is 14.3. The zero-order chi connectivity index (χ0) is 110. The first-order valence-electron chi connectivity index (χ1n) is 53.7. The summed E-state index contributed by atoms with van der Waals surface area (Å²) in [6, 6.07) is -4.22. The Hall–Kier alpha value is -7.57. The molecule has 12 aromatic rings. The summed E-state index contributed by atoms with van der Waals surface area (Å²) in [4.78, 5) is 3.22. The molecule has 0 N–H and O–H groups in total. The highest BCUT2D eigenvalue weighted by Crippen LogP contribution is 2.47. The molecule has 12 rings (SSSR count). The van der Waals surface area contributed by atoms with E-state index in [0.29, 0.717) is 25.5 Å². The lowest BCUT2D eigenvalue weighted by Crippen LogP contribution is -2.37. The first-order valence-corrected chi connectivity index (χ1v) is 44.1. The molecule has 0 saturated heterocycles. The van der Waals surface area contributed by atoms with Crippen LogP contribution in [0.15, 0.2) is 233 Å². The lowest BCUT2D eigenvalue weighted by molar-refractivity contribution is 0.590. The molecule has 0 atom stereocenters. The SMILES string of the molecule is [2H]c1c([2H])c(N(c2cc(Cc3c([2H])c([2H])c(C(C)(C)C)c([2H])c3[2H])cc(C([2H])([2H])[2H])c2)c2c([2H])c([2H])c(C(C)(C)C)c([2H])c2[2H])c([2H])c([Si](C)(C)C)c1[2H].[2H]c1sc2c([2H])c([2H])c(C(C)(C)C)c([2H])c2c1Br.[2H]c1sc2c([2H])c([2H])c(C(C)(C)C)c([2H])c2c1N(c1cc(N(c2c([2H])c([2H])c(C(C)(C)C)c([2H])c2[2H])c2c([2H])c([2H])c([2H])c([Si](C)(C)C)c2[2H])cc(C([2H])([2H])[2H])c1)c1c([2H])c([2H])c(C(C)(C)C)c([2H])c1[2H]. The highest BCUT2D eigenvalue weighted by atomic mass is 79.9. The first-order chi connectivity index (χ1) is 64.6. The molecule has 2 aromatic heterocycles. The average Bonchev–Trinajstić information content (AvgIpc) is 1.70. The normalized spacial score (nSPS) is 17.9. The number of aryl methyl sites for hydroxylation is 2. The Balaban J connectivity index is 0.000000255. The lowest BCUT2D eigenvalue weighted by atomic mass is 9.86. The number of benzene rings is 10. The number of anilines is 9. The third-order valence-electron chi connectivity index (χ3n) is 16.6. The summed E-state index contributed by atoms with van der Waals surface area (Å²) in [5.74, 6) is 0. The number of fused-ring (bicyclic) bond motifs is 2. The van der Waals surface area contributed by atoms with Gasteiger partial charge < -0.3 is 14.7 Å². The predicted octanol–water partition coefficient (Wildman–Crippen LogP) is 29.7. The van der Waals surface area contributed by atoms with Crippen LogP contribution in [0.4, 0.5) is 51.2 Å². The summed E-state index contributed by atoms with van der Waals surface area (Å²) in [7, 11) is -5.43. The van der Waals surface area contributed by atoms with Gasteiger partial charge in [-0.3, -0.25) is 0 Å². The Kier molecular flexibility index (Phi) is 12.8. The molecule has 0 unspecified atom stereocenters. The third-order valence-corrected chi connectivity index (χ3v) is 22.6. The Labute approximate surface area is 705 Å². The van der Waals surface area contributed by atoms with Crippen molar-refractivity contribution in [2.75, 3.05) is 14.7 Å². The Morgan fingerprint density at radius 3 is 1.08 bits per heavy atom. The Morgan fingerprint density at radius 2 is 0.676 bits per heavy atom. The number of hydrogen-bond acceptors (Lipinski definition) is 5. The van der Waals surface area contributed by atoms with Crippen LogP contribution < -0.4 is 25.1 Å². The van der Waals surface area contributed by atoms with Crippen LogP contribution in [0.3, 0.4) is 0 Å². The third kappa shape index (κ3) is 19.8. The van der Waals surface area contributed by atoms with Crippen molar-refractivity contribution in [2.45, 2.75) is 217 Å². The molecule has 0 fully saturated rings. The molecule has 0 aliphatic carbocycles. The topological polar surface area (TPSA) is 9.72 Å². The summed E-state index contributed by atoms with van der Waals surface area (Å²) < 4.78 is 343. The van der Waals surface area contributed by atoms with Gasteiger partial charge in [0.15, 0.2) is 0 Å². The van der Waals surface area contributed by atoms with Gasteiger partial charge in [-0.1, -0.05) is 277 Å². The molecule has 0 saturated carbocycles. The van der Waals surface area contributed by atoms with Crippen molar-refractivity contribution in [3.63, 3.8) is 0 Å². The molecule has 0 bridgehead atoms. The van der Waals surface area contributed by atoms with Crippen molar-refractivity contribution < 1.29 is 52.1 Å². The summed E-state index contributed by atoms with van der Waals surface area (Å²) in [5, 5.41) is 0.765. The second-order valence-electron chi connectivity index (χ2n) is 34.3. The van der Waals surface area contributed by atoms with Gasteiger partial charge in [-0.25, -0.2) is 0 Å². The van der Waals surface area contributed by atoms with Gasteiger partial charge in [0, 0.05) is 89.1 Å². The van der Waals surface area contributed by atoms with Crippen LogP contribution in [0.2, 0.25) is 39.3 Å². The van der Waals surface area contributed by atoms with E-state index < -0.39 is 182 Å². The van der Waals surface area contributed by atoms with Crippen molar-refractivity contribution >= 4 is 136 Å². The molecule has 10 aromatic carbocycles. The molecule has 0 aliphatic heterocycles. The number of thiophene rings is 2. The van der Waals surface area contributed by atoms with E-state index in [9.17, 15) is 20.6 Å². The maximum Gasteiger partial charge on any atom is 0.0776 e. The number of hydrogen-bond donors (Lipinski definition) is 0. The van der Waals surface area contributed by atoms with E-state index in [1.807, 2.05) is 60.1 Å². The molecule has 3 nitrogen and oxygen atoms in total. The van der Waals surface area contributed by atoms with Gasteiger partial charge in [0.25, 0.3) is 0 Å². The van der Waals surface area contributed by atoms with Crippen LogP contribution in [-0.4, -0.2) is 16.1 Å². The second kappa shape index (κ2) is 31.0. The lowest BCUT2D eigenvalue weighted by Gasteiger charge is -2.31. The minimum atomic E-state index is -3.05. The van der Waals surface area contributed by atoms with E-state index >= 15 is 0 Å². The van der Waals surface area contributed by atoms with Gasteiger partial charge in [0.05, 0.1) is 65.7 Å². The van der Waals surface area contributed by atoms with Crippen molar-refractivity contribution in [2.24, 2.45) is 0 Å². The monoisotopic (exact) mass is 1560 g/mol. The Morgan fingerprint density at radius 1 is 0.333 bits per heavy atom. The van der Waals surface area contributed by atoms with Crippen LogP contribution in [0, 0.1) is 13.7 Å². The van der Waals surface area contributed by atoms with E-state index in [1.165, 1.54) is 24.3 Å². The first kappa shape index (κ1) is 43.4. The minimum Gasteiger partial charge on any atom is -0.310 e. The average molecular weight is 1560 g/mol. The Bertz CT molecular complexity index is 7110. The van der Waals surface area contributed by atoms with Gasteiger partial charge in [-0.15, -0.1) is 22.7 Å². The van der Waals surface area contributed by atoms with Gasteiger partial charge in [0.2, 0.25) is 0 Å². The molecule has 0 aliphatic rings. The second-order valence-corrected chi connectivity index (χ2v) is 46.7. The zero-order valence-corrected chi connectivity index (χ0v) is 69.9. The molecular formula is C97H118BrN3S2Si2. The molecule has 0 radical (unpaired) electrons. The number of rotatable bonds is 13. The summed E-state index contributed by atoms with van der Waals surface area (Å²) in [6.07, 6.45) is -0.278. The maximum absolute atomic E-state index is 9.75. The van der Waals surface area contributed by atoms with E-state index in [-0.39, 0.29) is 195 Å². The summed E-state index contributed by atoms with van der Waals surface area (Å²) in [5.41, 5.74) is -7.36. The van der Waals surface area contributed by atoms with Gasteiger partial charge >= 0.3 is 0 Å². The number of halogens is 1. The van der Waals surface area contributed by atoms with Crippen molar-refractivity contribution in [3.05, 3.63) is 288 Å². The predicted molar refractivity (Wildman–Crippen MR) is 479 cm³/mol. The van der Waals surface area contributed by atoms with E-state index in [1.54, 1.807) is 104 Å². The minimum absolute atomic E-state index is 0.00556. The van der Waals surface area contributed by atoms with Crippen LogP contribution >= 0.6 is 38.6 Å². The molecular weight excluding hydrogens is 1410 g/mol. The fraction of sp³-hybridized carbons (Fsp3) is 0.340. The molecule has 105 heavy (non-hydrogen) atoms. The van der Waals surface area contributed by atoms with Gasteiger partial charge in [-0.2, -0.15) is 0 Å². The quantitative estimate of drug-likeness (QED) is 0.107. The van der Waals surface area contributed by atoms with Crippen molar-refractivity contribution in [3.8, 4) is 0 Å². The highest BCUT2D eigenvalue weighted by Gasteiger charge is 2.28. The largest absolute Gasteiger partial charge is 0.310 e. The van der Waals surface area contributed by atoms with Crippen molar-refractivity contribution in [1.29, 1.82) is 0 Å². The van der Waals surface area contributed by atoms with E-state index in [2.05, 4.69) is 15.9 Å². The highest BCUT2D eigenvalue weighted by molar-refractivity contribution is 9.10. The summed E-state index contributed by atoms with van der Waals surface area (Å²) in [6.45, 7) is 37.1. The van der Waals surface area contributed by atoms with Crippen LogP contribution in [-0.2, 0) is 38.9 Å². The van der Waals surface area contributed by atoms with Crippen molar-refractivity contribution in [1.82, 2.24) is 0 Å². The van der Waals surface area contributed by atoms with E-state index in [4.69, 9.17) is 31.5 Å². The standard InChI is InChI=1S/C48H58N2SSi.C37H47NSi.C12H13BrS/c1-33-27-40(49(37-22-17-34(18-23-37)46(2,3)4)39-15-14-16-42(31-39)52(11,12)13)30-41(28-33)50(38-24-19-35(20-25-38)47(5,6)7)44-32-51-45-26-21-36(29-43(44)45)48(8,9)10;1-27-22-29(24-28-14-16-30(17-15-28)36(2,3)4)25-34(23-27)38(32-20-18-31(19-21-32)37(5,6)7)33-12-11-13-35(26-33)39(8,9)10;1-12(2,3)8-4-5-11-9(6-8)10(13)7-14-11/h14-32H,1-13H3;11-23,25-26H,24H2,1-10H3;4-7H,1-3H3/i1D3,14D,15D,16D,17D,18D,19D,20D,21D,22D,23D,24D,25D,26D,29D,31D,32D;1D3,11D,12D,13D,14D,15D,16D,17D,18D,19D,20D,21D,26D;4D,5D,6D,7D. The smallest absolute Gasteiger partial charge is 0.0776 e. The molecule has 2 heterocycles. The maximum atomic E-state index is 9.75. The van der Waals surface area contributed by atoms with E-state index in [0.717, 1.165) is 49.5 Å². The fourth-order valence-electron chi connectivity index (χ4n) is 10.4. The molecule has 548 valence electrons. The zero-order valence-electron chi connectivity index (χ0n) is 103. The van der Waals surface area contributed by atoms with Crippen LogP contribution in [0.5, 0.6) is 0 Å². The molecule has 0 amide bonds. The van der Waals surface area contributed by atoms with Gasteiger partial charge in [0.1, 0.15) is 0 Å². The van der Waals surface area contributed by atoms with Crippen LogP contribution in [0.1, 0.15) is 232 Å².